The third kappa shape index (κ3) is 4.72. The Bertz CT molecular complexity index is 414. The van der Waals surface area contributed by atoms with Crippen LogP contribution in [0.4, 0.5) is 0 Å². The highest BCUT2D eigenvalue weighted by molar-refractivity contribution is 5.84. The largest absolute Gasteiger partial charge is 0.480 e. The van der Waals surface area contributed by atoms with Crippen molar-refractivity contribution in [1.82, 2.24) is 10.2 Å². The summed E-state index contributed by atoms with van der Waals surface area (Å²) in [7, 11) is 0. The van der Waals surface area contributed by atoms with E-state index in [2.05, 4.69) is 5.32 Å². The Labute approximate surface area is 125 Å². The van der Waals surface area contributed by atoms with Gasteiger partial charge in [0, 0.05) is 24.9 Å². The first-order valence-electron chi connectivity index (χ1n) is 7.45. The molecular formula is C15H26N2O4. The highest BCUT2D eigenvalue weighted by Gasteiger charge is 2.38. The minimum atomic E-state index is -0.936. The van der Waals surface area contributed by atoms with Crippen molar-refractivity contribution < 1.29 is 19.5 Å². The maximum Gasteiger partial charge on any atom is 0.326 e. The summed E-state index contributed by atoms with van der Waals surface area (Å²) in [5.41, 5.74) is -0.442. The lowest BCUT2D eigenvalue weighted by Gasteiger charge is -2.23. The van der Waals surface area contributed by atoms with Crippen molar-refractivity contribution in [2.24, 2.45) is 11.3 Å². The van der Waals surface area contributed by atoms with E-state index in [9.17, 15) is 19.5 Å². The number of aliphatic carboxylic acids is 1. The number of carboxylic acids is 1. The second kappa shape index (κ2) is 6.91. The van der Waals surface area contributed by atoms with Crippen molar-refractivity contribution in [3.05, 3.63) is 0 Å². The molecule has 0 bridgehead atoms. The van der Waals surface area contributed by atoms with Crippen molar-refractivity contribution in [3.63, 3.8) is 0 Å². The van der Waals surface area contributed by atoms with E-state index in [1.54, 1.807) is 0 Å². The number of nitrogens with one attached hydrogen (secondary N) is 1. The fourth-order valence-corrected chi connectivity index (χ4v) is 2.45. The van der Waals surface area contributed by atoms with Gasteiger partial charge in [0.2, 0.25) is 11.8 Å². The van der Waals surface area contributed by atoms with Crippen LogP contribution in [0.15, 0.2) is 0 Å². The molecule has 2 N–H and O–H groups in total. The smallest absolute Gasteiger partial charge is 0.326 e. The number of carbonyl (C=O) groups excluding carboxylic acids is 2. The molecule has 0 spiro atoms. The number of rotatable bonds is 5. The van der Waals surface area contributed by atoms with E-state index in [0.29, 0.717) is 19.5 Å². The maximum absolute atomic E-state index is 12.1. The van der Waals surface area contributed by atoms with Crippen LogP contribution in [0.25, 0.3) is 0 Å². The lowest BCUT2D eigenvalue weighted by Crippen LogP contribution is -2.43. The van der Waals surface area contributed by atoms with Gasteiger partial charge in [0.1, 0.15) is 6.04 Å². The summed E-state index contributed by atoms with van der Waals surface area (Å²) in [5, 5.41) is 12.0. The molecule has 0 aromatic rings. The van der Waals surface area contributed by atoms with E-state index in [-0.39, 0.29) is 24.2 Å². The molecular weight excluding hydrogens is 272 g/mol. The van der Waals surface area contributed by atoms with E-state index in [1.807, 2.05) is 27.7 Å². The Hall–Kier alpha value is -1.59. The number of amides is 2. The number of nitrogens with zero attached hydrogens (tertiary/aromatic N) is 1. The molecule has 2 atom stereocenters. The minimum Gasteiger partial charge on any atom is -0.480 e. The SMILES string of the molecule is CC1CCN(C(=O)CCCNC(=O)C(C)(C)C)C1C(=O)O. The standard InChI is InChI=1S/C15H26N2O4/c1-10-7-9-17(12(10)13(19)20)11(18)6-5-8-16-14(21)15(2,3)4/h10,12H,5-9H2,1-4H3,(H,16,21)(H,19,20). The summed E-state index contributed by atoms with van der Waals surface area (Å²) in [5.74, 6) is -1.13. The molecule has 0 radical (unpaired) electrons. The first-order valence-corrected chi connectivity index (χ1v) is 7.45. The molecule has 6 heteroatoms. The quantitative estimate of drug-likeness (QED) is 0.748. The van der Waals surface area contributed by atoms with Crippen LogP contribution in [-0.4, -0.2) is 46.9 Å². The van der Waals surface area contributed by atoms with Crippen LogP contribution >= 0.6 is 0 Å². The Balaban J connectivity index is 2.38. The van der Waals surface area contributed by atoms with Gasteiger partial charge in [-0.2, -0.15) is 0 Å². The topological polar surface area (TPSA) is 86.7 Å². The molecule has 2 amide bonds. The second-order valence-corrected chi connectivity index (χ2v) is 6.75. The predicted octanol–water partition coefficient (Wildman–Crippen LogP) is 1.25. The Morgan fingerprint density at radius 1 is 1.29 bits per heavy atom. The van der Waals surface area contributed by atoms with E-state index >= 15 is 0 Å². The van der Waals surface area contributed by atoms with Gasteiger partial charge in [-0.15, -0.1) is 0 Å². The molecule has 0 saturated carbocycles. The third-order valence-corrected chi connectivity index (χ3v) is 3.81. The number of carboxylic acid groups (broad SMARTS) is 1. The predicted molar refractivity (Wildman–Crippen MR) is 78.6 cm³/mol. The molecule has 1 heterocycles. The second-order valence-electron chi connectivity index (χ2n) is 6.75. The van der Waals surface area contributed by atoms with E-state index in [0.717, 1.165) is 6.42 Å². The molecule has 0 aliphatic carbocycles. The molecule has 0 aromatic carbocycles. The normalized spacial score (nSPS) is 22.2. The van der Waals surface area contributed by atoms with Crippen LogP contribution in [0.1, 0.15) is 47.0 Å². The van der Waals surface area contributed by atoms with Gasteiger partial charge in [0.05, 0.1) is 0 Å². The van der Waals surface area contributed by atoms with Crippen LogP contribution in [0.3, 0.4) is 0 Å². The third-order valence-electron chi connectivity index (χ3n) is 3.81. The minimum absolute atomic E-state index is 0.00737. The van der Waals surface area contributed by atoms with Gasteiger partial charge in [-0.05, 0) is 18.8 Å². The molecule has 1 saturated heterocycles. The van der Waals surface area contributed by atoms with Crippen LogP contribution in [0.2, 0.25) is 0 Å². The lowest BCUT2D eigenvalue weighted by atomic mass is 9.96. The Kier molecular flexibility index (Phi) is 5.75. The zero-order valence-corrected chi connectivity index (χ0v) is 13.3. The van der Waals surface area contributed by atoms with Crippen LogP contribution in [0, 0.1) is 11.3 Å². The van der Waals surface area contributed by atoms with E-state index in [4.69, 9.17) is 0 Å². The highest BCUT2D eigenvalue weighted by Crippen LogP contribution is 2.25. The molecule has 120 valence electrons. The van der Waals surface area contributed by atoms with Crippen molar-refractivity contribution in [2.75, 3.05) is 13.1 Å². The van der Waals surface area contributed by atoms with Crippen LogP contribution in [0.5, 0.6) is 0 Å². The molecule has 6 nitrogen and oxygen atoms in total. The monoisotopic (exact) mass is 298 g/mol. The highest BCUT2D eigenvalue weighted by atomic mass is 16.4. The van der Waals surface area contributed by atoms with Gasteiger partial charge < -0.3 is 15.3 Å². The van der Waals surface area contributed by atoms with Gasteiger partial charge in [-0.1, -0.05) is 27.7 Å². The molecule has 1 aliphatic heterocycles. The maximum atomic E-state index is 12.1. The summed E-state index contributed by atoms with van der Waals surface area (Å²) in [6, 6.07) is -0.707. The van der Waals surface area contributed by atoms with Crippen molar-refractivity contribution >= 4 is 17.8 Å². The average Bonchev–Trinajstić information content (AvgIpc) is 2.74. The Morgan fingerprint density at radius 3 is 2.43 bits per heavy atom. The van der Waals surface area contributed by atoms with Crippen molar-refractivity contribution in [2.45, 2.75) is 53.0 Å². The Morgan fingerprint density at radius 2 is 1.90 bits per heavy atom. The van der Waals surface area contributed by atoms with Gasteiger partial charge in [-0.25, -0.2) is 4.79 Å². The zero-order chi connectivity index (χ0) is 16.2. The van der Waals surface area contributed by atoms with Crippen LogP contribution < -0.4 is 5.32 Å². The average molecular weight is 298 g/mol. The first-order chi connectivity index (χ1) is 9.64. The summed E-state index contributed by atoms with van der Waals surface area (Å²) in [6.07, 6.45) is 1.52. The van der Waals surface area contributed by atoms with Gasteiger partial charge in [0.15, 0.2) is 0 Å². The van der Waals surface area contributed by atoms with Crippen LogP contribution in [-0.2, 0) is 14.4 Å². The number of carbonyl (C=O) groups is 3. The molecule has 0 aromatic heterocycles. The number of likely N-dealkylation sites (tertiary alicyclic amines) is 1. The summed E-state index contributed by atoms with van der Waals surface area (Å²) in [4.78, 5) is 36.4. The molecule has 1 aliphatic rings. The van der Waals surface area contributed by atoms with Gasteiger partial charge >= 0.3 is 5.97 Å². The molecule has 21 heavy (non-hydrogen) atoms. The van der Waals surface area contributed by atoms with Crippen molar-refractivity contribution in [1.29, 1.82) is 0 Å². The fraction of sp³-hybridized carbons (Fsp3) is 0.800. The van der Waals surface area contributed by atoms with Gasteiger partial charge in [0.25, 0.3) is 0 Å². The number of hydrogen-bond acceptors (Lipinski definition) is 3. The summed E-state index contributed by atoms with van der Waals surface area (Å²) < 4.78 is 0. The molecule has 1 rings (SSSR count). The first kappa shape index (κ1) is 17.5. The number of hydrogen-bond donors (Lipinski definition) is 2. The summed E-state index contributed by atoms with van der Waals surface area (Å²) in [6.45, 7) is 8.29. The fourth-order valence-electron chi connectivity index (χ4n) is 2.45. The molecule has 1 fully saturated rings. The van der Waals surface area contributed by atoms with E-state index < -0.39 is 17.4 Å². The summed E-state index contributed by atoms with van der Waals surface area (Å²) >= 11 is 0. The van der Waals surface area contributed by atoms with Gasteiger partial charge in [-0.3, -0.25) is 9.59 Å². The molecule has 2 unspecified atom stereocenters. The lowest BCUT2D eigenvalue weighted by molar-refractivity contribution is -0.149. The van der Waals surface area contributed by atoms with Crippen molar-refractivity contribution in [3.8, 4) is 0 Å². The van der Waals surface area contributed by atoms with E-state index in [1.165, 1.54) is 4.90 Å². The zero-order valence-electron chi connectivity index (χ0n) is 13.3.